The Morgan fingerprint density at radius 2 is 2.00 bits per heavy atom. The summed E-state index contributed by atoms with van der Waals surface area (Å²) < 4.78 is 11.0. The van der Waals surface area contributed by atoms with Gasteiger partial charge in [-0.3, -0.25) is 4.79 Å². The highest BCUT2D eigenvalue weighted by Crippen LogP contribution is 2.17. The van der Waals surface area contributed by atoms with Gasteiger partial charge in [0, 0.05) is 43.2 Å². The van der Waals surface area contributed by atoms with Gasteiger partial charge in [0.2, 0.25) is 5.91 Å². The molecule has 1 atom stereocenters. The largest absolute Gasteiger partial charge is 0.598 e. The Bertz CT molecular complexity index is 201. The number of carbonyl (C=O) groups is 1. The van der Waals surface area contributed by atoms with Crippen LogP contribution in [0.25, 0.3) is 0 Å². The van der Waals surface area contributed by atoms with E-state index in [2.05, 4.69) is 0 Å². The topological polar surface area (TPSA) is 69.4 Å². The maximum Gasteiger partial charge on any atom is 0.225 e. The Balaban J connectivity index is 2.39. The zero-order valence-corrected chi connectivity index (χ0v) is 9.55. The predicted octanol–water partition coefficient (Wildman–Crippen LogP) is 0.256. The minimum absolute atomic E-state index is 0.0509. The molecule has 0 aromatic heterocycles. The smallest absolute Gasteiger partial charge is 0.225 e. The van der Waals surface area contributed by atoms with Crippen LogP contribution in [0.5, 0.6) is 0 Å². The lowest BCUT2D eigenvalue weighted by Crippen LogP contribution is -2.45. The Kier molecular flexibility index (Phi) is 4.22. The second-order valence-electron chi connectivity index (χ2n) is 4.01. The number of hydrogen-bond acceptors (Lipinski definition) is 3. The molecule has 1 heterocycles. The monoisotopic (exact) mass is 218 g/mol. The lowest BCUT2D eigenvalue weighted by atomic mass is 10.1. The number of likely N-dealkylation sites (tertiary alicyclic amines) is 1. The van der Waals surface area contributed by atoms with E-state index in [9.17, 15) is 9.35 Å². The molecular formula is C9H18N2O2S. The van der Waals surface area contributed by atoms with E-state index in [0.29, 0.717) is 13.1 Å². The molecule has 0 bridgehead atoms. The van der Waals surface area contributed by atoms with Crippen LogP contribution in [-0.2, 0) is 16.2 Å². The Morgan fingerprint density at radius 1 is 1.50 bits per heavy atom. The number of rotatable bonds is 2. The normalized spacial score (nSPS) is 21.4. The molecule has 1 saturated heterocycles. The van der Waals surface area contributed by atoms with E-state index >= 15 is 0 Å². The fraction of sp³-hybridized carbons (Fsp3) is 0.889. The zero-order valence-electron chi connectivity index (χ0n) is 8.73. The van der Waals surface area contributed by atoms with Crippen LogP contribution in [-0.4, -0.2) is 33.7 Å². The van der Waals surface area contributed by atoms with Gasteiger partial charge < -0.3 is 9.45 Å². The number of hydrogen-bond donors (Lipinski definition) is 1. The Morgan fingerprint density at radius 3 is 2.36 bits per heavy atom. The van der Waals surface area contributed by atoms with Gasteiger partial charge in [-0.1, -0.05) is 13.8 Å². The summed E-state index contributed by atoms with van der Waals surface area (Å²) in [7, 11) is 0. The summed E-state index contributed by atoms with van der Waals surface area (Å²) in [4.78, 5) is 13.4. The van der Waals surface area contributed by atoms with E-state index in [1.54, 1.807) is 0 Å². The molecule has 0 spiro atoms. The number of nitrogens with two attached hydrogens (primary N) is 1. The van der Waals surface area contributed by atoms with Crippen LogP contribution in [0.15, 0.2) is 0 Å². The highest BCUT2D eigenvalue weighted by molar-refractivity contribution is 7.89. The van der Waals surface area contributed by atoms with Gasteiger partial charge in [-0.25, -0.2) is 0 Å². The molecule has 1 aliphatic rings. The number of nitrogens with zero attached hydrogens (tertiary/aromatic N) is 1. The first kappa shape index (κ1) is 11.8. The van der Waals surface area contributed by atoms with Crippen molar-refractivity contribution in [1.82, 2.24) is 4.90 Å². The van der Waals surface area contributed by atoms with E-state index in [0.717, 1.165) is 12.8 Å². The van der Waals surface area contributed by atoms with Crippen molar-refractivity contribution in [1.29, 1.82) is 0 Å². The third-order valence-corrected chi connectivity index (χ3v) is 3.70. The van der Waals surface area contributed by atoms with Crippen molar-refractivity contribution in [3.05, 3.63) is 0 Å². The van der Waals surface area contributed by atoms with Gasteiger partial charge in [-0.05, 0) is 0 Å². The molecule has 1 unspecified atom stereocenters. The molecule has 0 aromatic rings. The first-order chi connectivity index (χ1) is 6.52. The molecular weight excluding hydrogens is 200 g/mol. The van der Waals surface area contributed by atoms with Crippen LogP contribution in [0.2, 0.25) is 0 Å². The summed E-state index contributed by atoms with van der Waals surface area (Å²) in [5.41, 5.74) is 0. The van der Waals surface area contributed by atoms with Crippen LogP contribution in [0, 0.1) is 5.92 Å². The van der Waals surface area contributed by atoms with Crippen LogP contribution in [0.4, 0.5) is 0 Å². The lowest BCUT2D eigenvalue weighted by molar-refractivity contribution is -0.135. The molecule has 5 heteroatoms. The number of carbonyl (C=O) groups excluding carboxylic acids is 1. The third kappa shape index (κ3) is 2.87. The van der Waals surface area contributed by atoms with E-state index in [4.69, 9.17) is 5.14 Å². The van der Waals surface area contributed by atoms with E-state index in [-0.39, 0.29) is 17.1 Å². The summed E-state index contributed by atoms with van der Waals surface area (Å²) in [6.45, 7) is 5.19. The molecule has 2 N–H and O–H groups in total. The quantitative estimate of drug-likeness (QED) is 0.676. The van der Waals surface area contributed by atoms with Gasteiger partial charge in [0.05, 0.1) is 0 Å². The average Bonchev–Trinajstić information content (AvgIpc) is 2.16. The van der Waals surface area contributed by atoms with Crippen LogP contribution in [0.1, 0.15) is 26.7 Å². The molecule has 0 aliphatic carbocycles. The highest BCUT2D eigenvalue weighted by Gasteiger charge is 2.29. The standard InChI is InChI=1S/C9H18N2O2S/c1-7(2)9(12)11-5-3-8(4-6-11)14(10)13/h7-8H,3-6,10H2,1-2H3. The van der Waals surface area contributed by atoms with Gasteiger partial charge in [-0.15, -0.1) is 0 Å². The van der Waals surface area contributed by atoms with Crippen molar-refractivity contribution < 1.29 is 9.35 Å². The summed E-state index contributed by atoms with van der Waals surface area (Å²) in [6, 6.07) is 0. The SMILES string of the molecule is CC(C)C(=O)N1CCC([S+](N)[O-])CC1. The number of piperidine rings is 1. The predicted molar refractivity (Wildman–Crippen MR) is 56.8 cm³/mol. The minimum Gasteiger partial charge on any atom is -0.598 e. The van der Waals surface area contributed by atoms with Gasteiger partial charge >= 0.3 is 0 Å². The third-order valence-electron chi connectivity index (χ3n) is 2.58. The molecule has 1 fully saturated rings. The van der Waals surface area contributed by atoms with Gasteiger partial charge in [0.1, 0.15) is 5.25 Å². The molecule has 1 amide bonds. The zero-order chi connectivity index (χ0) is 10.7. The first-order valence-corrected chi connectivity index (χ1v) is 6.23. The first-order valence-electron chi connectivity index (χ1n) is 4.96. The van der Waals surface area contributed by atoms with Gasteiger partial charge in [-0.2, -0.15) is 5.14 Å². The minimum atomic E-state index is -1.23. The van der Waals surface area contributed by atoms with Crippen molar-refractivity contribution in [2.24, 2.45) is 11.1 Å². The maximum atomic E-state index is 11.6. The van der Waals surface area contributed by atoms with E-state index in [1.165, 1.54) is 0 Å². The molecule has 4 nitrogen and oxygen atoms in total. The Hall–Kier alpha value is -0.260. The summed E-state index contributed by atoms with van der Waals surface area (Å²) in [6.07, 6.45) is 1.53. The van der Waals surface area contributed by atoms with Crippen LogP contribution < -0.4 is 5.14 Å². The fourth-order valence-corrected chi connectivity index (χ4v) is 2.35. The van der Waals surface area contributed by atoms with Crippen molar-refractivity contribution in [2.45, 2.75) is 31.9 Å². The van der Waals surface area contributed by atoms with Crippen molar-refractivity contribution in [2.75, 3.05) is 13.1 Å². The van der Waals surface area contributed by atoms with Crippen LogP contribution in [0.3, 0.4) is 0 Å². The molecule has 0 saturated carbocycles. The van der Waals surface area contributed by atoms with Crippen LogP contribution >= 0.6 is 0 Å². The molecule has 1 aliphatic heterocycles. The summed E-state index contributed by atoms with van der Waals surface area (Å²) in [5, 5.41) is 5.39. The maximum absolute atomic E-state index is 11.6. The van der Waals surface area contributed by atoms with E-state index in [1.807, 2.05) is 18.7 Å². The molecule has 82 valence electrons. The lowest BCUT2D eigenvalue weighted by Gasteiger charge is -2.32. The Labute approximate surface area is 88.1 Å². The second-order valence-corrected chi connectivity index (χ2v) is 5.33. The highest BCUT2D eigenvalue weighted by atomic mass is 32.2. The van der Waals surface area contributed by atoms with Gasteiger partial charge in [0.15, 0.2) is 0 Å². The average molecular weight is 218 g/mol. The number of amides is 1. The summed E-state index contributed by atoms with van der Waals surface area (Å²) >= 11 is -1.23. The second kappa shape index (κ2) is 5.00. The van der Waals surface area contributed by atoms with Gasteiger partial charge in [0.25, 0.3) is 0 Å². The fourth-order valence-electron chi connectivity index (χ4n) is 1.67. The molecule has 1 rings (SSSR count). The molecule has 0 aromatic carbocycles. The molecule has 14 heavy (non-hydrogen) atoms. The van der Waals surface area contributed by atoms with Crippen molar-refractivity contribution >= 4 is 17.3 Å². The molecule has 0 radical (unpaired) electrons. The van der Waals surface area contributed by atoms with Crippen molar-refractivity contribution in [3.8, 4) is 0 Å². The summed E-state index contributed by atoms with van der Waals surface area (Å²) in [5.74, 6) is 0.237. The van der Waals surface area contributed by atoms with E-state index < -0.39 is 11.4 Å². The van der Waals surface area contributed by atoms with Crippen molar-refractivity contribution in [3.63, 3.8) is 0 Å².